The zero-order valence-corrected chi connectivity index (χ0v) is 14.1. The molecular formula is C20H16FN3O2. The lowest BCUT2D eigenvalue weighted by molar-refractivity contribution is 0.0771. The van der Waals surface area contributed by atoms with Gasteiger partial charge in [-0.25, -0.2) is 9.37 Å². The van der Waals surface area contributed by atoms with Gasteiger partial charge in [0.1, 0.15) is 17.2 Å². The summed E-state index contributed by atoms with van der Waals surface area (Å²) in [6, 6.07) is 15.2. The summed E-state index contributed by atoms with van der Waals surface area (Å²) < 4.78 is 20.5. The average Bonchev–Trinajstić information content (AvgIpc) is 3.29. The summed E-state index contributed by atoms with van der Waals surface area (Å²) in [5.74, 6) is 0.128. The maximum atomic E-state index is 13.3. The molecule has 0 saturated heterocycles. The molecule has 1 amide bonds. The second-order valence-corrected chi connectivity index (χ2v) is 5.99. The van der Waals surface area contributed by atoms with Gasteiger partial charge in [-0.1, -0.05) is 6.07 Å². The van der Waals surface area contributed by atoms with Gasteiger partial charge in [0, 0.05) is 18.8 Å². The Bertz CT molecular complexity index is 1050. The molecule has 0 fully saturated rings. The predicted molar refractivity (Wildman–Crippen MR) is 95.1 cm³/mol. The van der Waals surface area contributed by atoms with Crippen molar-refractivity contribution in [3.05, 3.63) is 84.3 Å². The highest BCUT2D eigenvalue weighted by Crippen LogP contribution is 2.26. The van der Waals surface area contributed by atoms with Crippen LogP contribution in [0.5, 0.6) is 0 Å². The summed E-state index contributed by atoms with van der Waals surface area (Å²) in [6.07, 6.45) is 3.41. The SMILES string of the molecule is CN(Cc1ccco1)C(=O)c1nc2ccccn2c1-c1ccc(F)cc1. The van der Waals surface area contributed by atoms with Crippen LogP contribution in [0.15, 0.2) is 71.5 Å². The minimum Gasteiger partial charge on any atom is -0.467 e. The van der Waals surface area contributed by atoms with E-state index < -0.39 is 0 Å². The van der Waals surface area contributed by atoms with Crippen molar-refractivity contribution in [1.82, 2.24) is 14.3 Å². The molecule has 6 heteroatoms. The molecule has 4 rings (SSSR count). The number of amides is 1. The van der Waals surface area contributed by atoms with Crippen molar-refractivity contribution in [2.45, 2.75) is 6.54 Å². The van der Waals surface area contributed by atoms with Crippen molar-refractivity contribution in [2.24, 2.45) is 0 Å². The van der Waals surface area contributed by atoms with Crippen molar-refractivity contribution in [3.8, 4) is 11.3 Å². The Balaban J connectivity index is 1.80. The number of benzene rings is 1. The monoisotopic (exact) mass is 349 g/mol. The lowest BCUT2D eigenvalue weighted by atomic mass is 10.1. The van der Waals surface area contributed by atoms with Gasteiger partial charge in [-0.05, 0) is 48.5 Å². The van der Waals surface area contributed by atoms with Gasteiger partial charge in [-0.2, -0.15) is 0 Å². The van der Waals surface area contributed by atoms with Crippen LogP contribution < -0.4 is 0 Å². The van der Waals surface area contributed by atoms with Gasteiger partial charge < -0.3 is 9.32 Å². The van der Waals surface area contributed by atoms with Crippen molar-refractivity contribution >= 4 is 11.6 Å². The second-order valence-electron chi connectivity index (χ2n) is 5.99. The molecule has 0 saturated carbocycles. The highest BCUT2D eigenvalue weighted by Gasteiger charge is 2.23. The molecule has 0 bridgehead atoms. The van der Waals surface area contributed by atoms with E-state index in [0.29, 0.717) is 29.3 Å². The van der Waals surface area contributed by atoms with Gasteiger partial charge in [-0.3, -0.25) is 9.20 Å². The Hall–Kier alpha value is -3.41. The lowest BCUT2D eigenvalue weighted by Gasteiger charge is -2.15. The van der Waals surface area contributed by atoms with Crippen molar-refractivity contribution in [1.29, 1.82) is 0 Å². The number of aromatic nitrogens is 2. The molecule has 0 aliphatic rings. The standard InChI is InChI=1S/C20H16FN3O2/c1-23(13-16-5-4-12-26-16)20(25)18-19(14-7-9-15(21)10-8-14)24-11-3-2-6-17(24)22-18/h2-12H,13H2,1H3. The smallest absolute Gasteiger partial charge is 0.274 e. The number of hydrogen-bond acceptors (Lipinski definition) is 3. The van der Waals surface area contributed by atoms with Crippen LogP contribution in [0.2, 0.25) is 0 Å². The summed E-state index contributed by atoms with van der Waals surface area (Å²) >= 11 is 0. The maximum absolute atomic E-state index is 13.3. The van der Waals surface area contributed by atoms with Gasteiger partial charge in [0.2, 0.25) is 0 Å². The molecule has 26 heavy (non-hydrogen) atoms. The lowest BCUT2D eigenvalue weighted by Crippen LogP contribution is -2.26. The molecular weight excluding hydrogens is 333 g/mol. The highest BCUT2D eigenvalue weighted by molar-refractivity contribution is 5.99. The van der Waals surface area contributed by atoms with E-state index in [1.807, 2.05) is 34.9 Å². The number of nitrogens with zero attached hydrogens (tertiary/aromatic N) is 3. The van der Waals surface area contributed by atoms with Gasteiger partial charge in [0.25, 0.3) is 5.91 Å². The van der Waals surface area contributed by atoms with Crippen LogP contribution in [0.1, 0.15) is 16.2 Å². The van der Waals surface area contributed by atoms with Crippen molar-refractivity contribution < 1.29 is 13.6 Å². The minimum absolute atomic E-state index is 0.232. The third kappa shape index (κ3) is 2.86. The Morgan fingerprint density at radius 1 is 1.15 bits per heavy atom. The maximum Gasteiger partial charge on any atom is 0.274 e. The van der Waals surface area contributed by atoms with Crippen LogP contribution in [0.25, 0.3) is 16.9 Å². The molecule has 0 spiro atoms. The van der Waals surface area contributed by atoms with E-state index in [-0.39, 0.29) is 11.7 Å². The largest absolute Gasteiger partial charge is 0.467 e. The average molecular weight is 349 g/mol. The molecule has 4 aromatic rings. The third-order valence-corrected chi connectivity index (χ3v) is 4.17. The Labute approximate surface area is 149 Å². The number of hydrogen-bond donors (Lipinski definition) is 0. The number of halogens is 1. The summed E-state index contributed by atoms with van der Waals surface area (Å²) in [5, 5.41) is 0. The number of carbonyl (C=O) groups is 1. The summed E-state index contributed by atoms with van der Waals surface area (Å²) in [7, 11) is 1.70. The van der Waals surface area contributed by atoms with Gasteiger partial charge in [0.05, 0.1) is 18.5 Å². The number of carbonyl (C=O) groups excluding carboxylic acids is 1. The first-order valence-corrected chi connectivity index (χ1v) is 8.14. The summed E-state index contributed by atoms with van der Waals surface area (Å²) in [4.78, 5) is 19.1. The quantitative estimate of drug-likeness (QED) is 0.559. The van der Waals surface area contributed by atoms with E-state index in [0.717, 1.165) is 5.56 Å². The Kier molecular flexibility index (Phi) is 4.01. The number of imidazole rings is 1. The fraction of sp³-hybridized carbons (Fsp3) is 0.100. The van der Waals surface area contributed by atoms with Crippen LogP contribution in [0.3, 0.4) is 0 Å². The van der Waals surface area contributed by atoms with Gasteiger partial charge in [-0.15, -0.1) is 0 Å². The molecule has 1 aromatic carbocycles. The molecule has 3 heterocycles. The molecule has 130 valence electrons. The highest BCUT2D eigenvalue weighted by atomic mass is 19.1. The third-order valence-electron chi connectivity index (χ3n) is 4.17. The zero-order valence-electron chi connectivity index (χ0n) is 14.1. The van der Waals surface area contributed by atoms with Gasteiger partial charge >= 0.3 is 0 Å². The zero-order chi connectivity index (χ0) is 18.1. The molecule has 0 radical (unpaired) electrons. The van der Waals surface area contributed by atoms with Crippen LogP contribution in [-0.4, -0.2) is 27.2 Å². The second kappa shape index (κ2) is 6.48. The predicted octanol–water partition coefficient (Wildman–Crippen LogP) is 4.01. The van der Waals surface area contributed by atoms with E-state index >= 15 is 0 Å². The first-order valence-electron chi connectivity index (χ1n) is 8.14. The van der Waals surface area contributed by atoms with Crippen molar-refractivity contribution in [2.75, 3.05) is 7.05 Å². The van der Waals surface area contributed by atoms with E-state index in [2.05, 4.69) is 4.98 Å². The first-order chi connectivity index (χ1) is 12.6. The summed E-state index contributed by atoms with van der Waals surface area (Å²) in [6.45, 7) is 0.336. The Morgan fingerprint density at radius 2 is 1.96 bits per heavy atom. The van der Waals surface area contributed by atoms with Crippen LogP contribution in [-0.2, 0) is 6.54 Å². The number of furan rings is 1. The summed E-state index contributed by atoms with van der Waals surface area (Å²) in [5.41, 5.74) is 2.33. The topological polar surface area (TPSA) is 50.8 Å². The molecule has 0 aliphatic carbocycles. The molecule has 0 N–H and O–H groups in total. The molecule has 0 aliphatic heterocycles. The number of rotatable bonds is 4. The van der Waals surface area contributed by atoms with Crippen molar-refractivity contribution in [3.63, 3.8) is 0 Å². The van der Waals surface area contributed by atoms with E-state index in [9.17, 15) is 9.18 Å². The number of pyridine rings is 1. The molecule has 0 atom stereocenters. The van der Waals surface area contributed by atoms with Crippen LogP contribution >= 0.6 is 0 Å². The fourth-order valence-electron chi connectivity index (χ4n) is 2.92. The Morgan fingerprint density at radius 3 is 2.69 bits per heavy atom. The van der Waals surface area contributed by atoms with E-state index in [1.165, 1.54) is 12.1 Å². The van der Waals surface area contributed by atoms with E-state index in [1.54, 1.807) is 36.4 Å². The van der Waals surface area contributed by atoms with Gasteiger partial charge in [0.15, 0.2) is 5.69 Å². The first kappa shape index (κ1) is 16.1. The van der Waals surface area contributed by atoms with Crippen LogP contribution in [0.4, 0.5) is 4.39 Å². The number of fused-ring (bicyclic) bond motifs is 1. The normalized spacial score (nSPS) is 11.0. The molecule has 3 aromatic heterocycles. The minimum atomic E-state index is -0.328. The van der Waals surface area contributed by atoms with E-state index in [4.69, 9.17) is 4.42 Å². The molecule has 5 nitrogen and oxygen atoms in total. The fourth-order valence-corrected chi connectivity index (χ4v) is 2.92. The molecule has 0 unspecified atom stereocenters. The van der Waals surface area contributed by atoms with Crippen LogP contribution in [0, 0.1) is 5.82 Å².